The van der Waals surface area contributed by atoms with Gasteiger partial charge in [0.25, 0.3) is 0 Å². The predicted octanol–water partition coefficient (Wildman–Crippen LogP) is 1.36. The molecule has 14 heavy (non-hydrogen) atoms. The summed E-state index contributed by atoms with van der Waals surface area (Å²) in [4.78, 5) is 5.05. The summed E-state index contributed by atoms with van der Waals surface area (Å²) in [6, 6.07) is 5.85. The van der Waals surface area contributed by atoms with Crippen molar-refractivity contribution in [3.63, 3.8) is 0 Å². The van der Waals surface area contributed by atoms with Crippen molar-refractivity contribution in [3.8, 4) is 0 Å². The van der Waals surface area contributed by atoms with Gasteiger partial charge in [-0.2, -0.15) is 0 Å². The van der Waals surface area contributed by atoms with Crippen LogP contribution in [-0.2, 0) is 17.2 Å². The van der Waals surface area contributed by atoms with Crippen LogP contribution >= 0.6 is 0 Å². The Balaban J connectivity index is 2.41. The highest BCUT2D eigenvalue weighted by Gasteiger charge is 2.19. The molecule has 0 aromatic heterocycles. The predicted molar refractivity (Wildman–Crippen MR) is 58.4 cm³/mol. The van der Waals surface area contributed by atoms with E-state index in [-0.39, 0.29) is 0 Å². The Morgan fingerprint density at radius 3 is 3.00 bits per heavy atom. The molecule has 3 nitrogen and oxygen atoms in total. The fourth-order valence-electron chi connectivity index (χ4n) is 1.49. The first-order chi connectivity index (χ1) is 6.72. The molecule has 1 aromatic carbocycles. The number of rotatable bonds is 2. The first-order valence-corrected chi connectivity index (χ1v) is 5.67. The molecule has 2 rings (SSSR count). The molecule has 4 heteroatoms. The summed E-state index contributed by atoms with van der Waals surface area (Å²) in [5.41, 5.74) is 7.43. The molecule has 1 unspecified atom stereocenters. The zero-order chi connectivity index (χ0) is 10.1. The summed E-state index contributed by atoms with van der Waals surface area (Å²) in [7, 11) is -1.05. The van der Waals surface area contributed by atoms with Crippen LogP contribution in [0.4, 0.5) is 5.69 Å². The molecule has 2 N–H and O–H groups in total. The van der Waals surface area contributed by atoms with Crippen LogP contribution in [0.3, 0.4) is 0 Å². The molecule has 0 spiro atoms. The molecule has 1 aromatic rings. The molecule has 74 valence electrons. The van der Waals surface area contributed by atoms with Crippen LogP contribution in [0.25, 0.3) is 0 Å². The first kappa shape index (κ1) is 9.55. The van der Waals surface area contributed by atoms with E-state index in [1.807, 2.05) is 18.2 Å². The molecule has 0 saturated heterocycles. The molecule has 0 bridgehead atoms. The van der Waals surface area contributed by atoms with Crippen LogP contribution in [0.2, 0.25) is 0 Å². The summed E-state index contributed by atoms with van der Waals surface area (Å²) < 4.78 is 11.7. The van der Waals surface area contributed by atoms with Crippen molar-refractivity contribution in [1.82, 2.24) is 0 Å². The van der Waals surface area contributed by atoms with E-state index in [0.717, 1.165) is 22.6 Å². The number of fused-ring (bicyclic) bond motifs is 1. The summed E-state index contributed by atoms with van der Waals surface area (Å²) in [5, 5.41) is 0.685. The fraction of sp³-hybridized carbons (Fsp3) is 0.300. The number of hydrogen-bond acceptors (Lipinski definition) is 3. The smallest absolute Gasteiger partial charge is 0.107 e. The lowest BCUT2D eigenvalue weighted by Crippen LogP contribution is -2.03. The van der Waals surface area contributed by atoms with E-state index >= 15 is 0 Å². The minimum Gasteiger partial charge on any atom is -0.330 e. The van der Waals surface area contributed by atoms with E-state index in [0.29, 0.717) is 11.6 Å². The van der Waals surface area contributed by atoms with Crippen molar-refractivity contribution in [2.24, 2.45) is 10.7 Å². The highest BCUT2D eigenvalue weighted by Crippen LogP contribution is 2.30. The Bertz CT molecular complexity index is 426. The number of benzene rings is 1. The molecule has 1 atom stereocenters. The van der Waals surface area contributed by atoms with Crippen LogP contribution in [0, 0.1) is 0 Å². The zero-order valence-electron chi connectivity index (χ0n) is 7.99. The molecular formula is C10H12N2OS. The SMILES string of the molecule is CC1=Nc2ccc(CCN)cc2S1=O. The van der Waals surface area contributed by atoms with Gasteiger partial charge >= 0.3 is 0 Å². The van der Waals surface area contributed by atoms with E-state index in [9.17, 15) is 4.21 Å². The van der Waals surface area contributed by atoms with Crippen molar-refractivity contribution in [1.29, 1.82) is 0 Å². The second-order valence-electron chi connectivity index (χ2n) is 3.24. The molecule has 0 aliphatic carbocycles. The Labute approximate surface area is 85.5 Å². The van der Waals surface area contributed by atoms with Crippen molar-refractivity contribution in [2.45, 2.75) is 18.2 Å². The van der Waals surface area contributed by atoms with Gasteiger partial charge in [-0.3, -0.25) is 0 Å². The minimum absolute atomic E-state index is 0.616. The highest BCUT2D eigenvalue weighted by molar-refractivity contribution is 8.01. The van der Waals surface area contributed by atoms with Crippen LogP contribution in [0.1, 0.15) is 12.5 Å². The van der Waals surface area contributed by atoms with Gasteiger partial charge in [0.1, 0.15) is 15.8 Å². The van der Waals surface area contributed by atoms with Crippen molar-refractivity contribution >= 4 is 21.5 Å². The van der Waals surface area contributed by atoms with Gasteiger partial charge in [0.2, 0.25) is 0 Å². The van der Waals surface area contributed by atoms with Gasteiger partial charge in [0.15, 0.2) is 0 Å². The van der Waals surface area contributed by atoms with E-state index < -0.39 is 10.8 Å². The maximum absolute atomic E-state index is 11.7. The second-order valence-corrected chi connectivity index (χ2v) is 4.81. The summed E-state index contributed by atoms with van der Waals surface area (Å²) in [5.74, 6) is 0. The van der Waals surface area contributed by atoms with Crippen LogP contribution in [0.5, 0.6) is 0 Å². The molecule has 0 fully saturated rings. The van der Waals surface area contributed by atoms with Crippen molar-refractivity contribution in [2.75, 3.05) is 6.54 Å². The van der Waals surface area contributed by atoms with E-state index in [4.69, 9.17) is 5.73 Å². The standard InChI is InChI=1S/C10H12N2OS/c1-7-12-9-3-2-8(4-5-11)6-10(9)14(7)13/h2-3,6H,4-5,11H2,1H3. The molecule has 0 amide bonds. The molecule has 0 radical (unpaired) electrons. The van der Waals surface area contributed by atoms with Crippen LogP contribution in [-0.4, -0.2) is 15.8 Å². The second kappa shape index (κ2) is 3.63. The quantitative estimate of drug-likeness (QED) is 0.797. The monoisotopic (exact) mass is 208 g/mol. The van der Waals surface area contributed by atoms with Gasteiger partial charge in [-0.25, -0.2) is 9.20 Å². The zero-order valence-corrected chi connectivity index (χ0v) is 8.80. The average Bonchev–Trinajstić information content (AvgIpc) is 2.45. The Hall–Kier alpha value is -1.00. The van der Waals surface area contributed by atoms with Crippen molar-refractivity contribution < 1.29 is 4.21 Å². The van der Waals surface area contributed by atoms with Gasteiger partial charge in [0, 0.05) is 0 Å². The Morgan fingerprint density at radius 2 is 2.29 bits per heavy atom. The lowest BCUT2D eigenvalue weighted by Gasteiger charge is -2.01. The maximum atomic E-state index is 11.7. The molecule has 1 heterocycles. The van der Waals surface area contributed by atoms with Crippen LogP contribution < -0.4 is 5.73 Å². The van der Waals surface area contributed by atoms with E-state index in [1.165, 1.54) is 0 Å². The average molecular weight is 208 g/mol. The first-order valence-electron chi connectivity index (χ1n) is 4.52. The third kappa shape index (κ3) is 1.51. The number of nitrogens with two attached hydrogens (primary N) is 1. The van der Waals surface area contributed by atoms with Gasteiger partial charge < -0.3 is 5.73 Å². The lowest BCUT2D eigenvalue weighted by molar-refractivity contribution is 0.690. The molecule has 0 saturated carbocycles. The van der Waals surface area contributed by atoms with E-state index in [2.05, 4.69) is 4.99 Å². The molecule has 1 aliphatic rings. The third-order valence-corrected chi connectivity index (χ3v) is 3.56. The molecule has 1 aliphatic heterocycles. The van der Waals surface area contributed by atoms with E-state index in [1.54, 1.807) is 6.92 Å². The summed E-state index contributed by atoms with van der Waals surface area (Å²) >= 11 is 0. The Kier molecular flexibility index (Phi) is 2.48. The van der Waals surface area contributed by atoms with Gasteiger partial charge in [-0.05, 0) is 37.6 Å². The number of aliphatic imine (C=N–C) groups is 1. The topological polar surface area (TPSA) is 55.4 Å². The van der Waals surface area contributed by atoms with Crippen molar-refractivity contribution in [3.05, 3.63) is 23.8 Å². The maximum Gasteiger partial charge on any atom is 0.107 e. The number of nitrogens with zero attached hydrogens (tertiary/aromatic N) is 1. The summed E-state index contributed by atoms with van der Waals surface area (Å²) in [6.45, 7) is 2.41. The van der Waals surface area contributed by atoms with Gasteiger partial charge in [-0.1, -0.05) is 6.07 Å². The normalized spacial score (nSPS) is 19.3. The van der Waals surface area contributed by atoms with Gasteiger partial charge in [-0.15, -0.1) is 0 Å². The largest absolute Gasteiger partial charge is 0.330 e. The minimum atomic E-state index is -1.05. The summed E-state index contributed by atoms with van der Waals surface area (Å²) in [6.07, 6.45) is 0.823. The van der Waals surface area contributed by atoms with Gasteiger partial charge in [0.05, 0.1) is 10.6 Å². The molecular weight excluding hydrogens is 196 g/mol. The number of hydrogen-bond donors (Lipinski definition) is 1. The van der Waals surface area contributed by atoms with Crippen LogP contribution in [0.15, 0.2) is 28.1 Å². The highest BCUT2D eigenvalue weighted by atomic mass is 32.2. The Morgan fingerprint density at radius 1 is 1.50 bits per heavy atom. The fourth-order valence-corrected chi connectivity index (χ4v) is 2.55. The lowest BCUT2D eigenvalue weighted by atomic mass is 10.1. The third-order valence-electron chi connectivity index (χ3n) is 2.20.